The number of aryl methyl sites for hydroxylation is 1. The summed E-state index contributed by atoms with van der Waals surface area (Å²) < 4.78 is 53.5. The van der Waals surface area contributed by atoms with Gasteiger partial charge in [-0.15, -0.1) is 13.2 Å². The van der Waals surface area contributed by atoms with Crippen LogP contribution in [0.4, 0.5) is 13.2 Å². The first-order chi connectivity index (χ1) is 14.7. The van der Waals surface area contributed by atoms with Gasteiger partial charge in [0, 0.05) is 26.3 Å². The summed E-state index contributed by atoms with van der Waals surface area (Å²) in [6, 6.07) is 5.00. The monoisotopic (exact) mass is 444 g/mol. The van der Waals surface area contributed by atoms with Gasteiger partial charge in [-0.2, -0.15) is 4.98 Å². The minimum Gasteiger partial charge on any atom is -0.490 e. The highest BCUT2D eigenvalue weighted by Crippen LogP contribution is 2.26. The van der Waals surface area contributed by atoms with Crippen molar-refractivity contribution in [2.45, 2.75) is 19.3 Å². The number of hydrogen-bond acceptors (Lipinski definition) is 7. The first kappa shape index (κ1) is 22.2. The summed E-state index contributed by atoms with van der Waals surface area (Å²) in [5.74, 6) is -0.272. The molecule has 0 radical (unpaired) electrons. The van der Waals surface area contributed by atoms with E-state index < -0.39 is 23.4 Å². The van der Waals surface area contributed by atoms with Gasteiger partial charge in [-0.25, -0.2) is 4.79 Å². The van der Waals surface area contributed by atoms with Crippen LogP contribution in [-0.4, -0.2) is 50.4 Å². The van der Waals surface area contributed by atoms with Crippen molar-refractivity contribution in [1.29, 1.82) is 0 Å². The number of aromatic nitrogens is 4. The van der Waals surface area contributed by atoms with E-state index in [4.69, 9.17) is 14.6 Å². The molecule has 0 bridgehead atoms. The fourth-order valence-corrected chi connectivity index (χ4v) is 2.78. The molecule has 0 saturated heterocycles. The minimum atomic E-state index is -4.81. The predicted molar refractivity (Wildman–Crippen MR) is 101 cm³/mol. The van der Waals surface area contributed by atoms with E-state index in [1.807, 2.05) is 0 Å². The van der Waals surface area contributed by atoms with E-state index in [0.717, 1.165) is 16.7 Å². The number of alkyl halides is 3. The van der Waals surface area contributed by atoms with Crippen LogP contribution in [0, 0.1) is 0 Å². The molecule has 0 atom stereocenters. The number of imidazole rings is 1. The summed E-state index contributed by atoms with van der Waals surface area (Å²) in [5, 5.41) is 8.93. The van der Waals surface area contributed by atoms with Crippen LogP contribution in [0.2, 0.25) is 0 Å². The van der Waals surface area contributed by atoms with Crippen LogP contribution in [-0.2, 0) is 13.6 Å². The van der Waals surface area contributed by atoms with E-state index in [2.05, 4.69) is 14.7 Å². The van der Waals surface area contributed by atoms with Crippen LogP contribution in [0.25, 0.3) is 11.2 Å². The zero-order chi connectivity index (χ0) is 22.6. The van der Waals surface area contributed by atoms with E-state index in [-0.39, 0.29) is 55.7 Å². The molecule has 0 fully saturated rings. The van der Waals surface area contributed by atoms with Gasteiger partial charge in [0.2, 0.25) is 0 Å². The van der Waals surface area contributed by atoms with E-state index >= 15 is 0 Å². The Morgan fingerprint density at radius 2 is 1.87 bits per heavy atom. The molecule has 0 amide bonds. The summed E-state index contributed by atoms with van der Waals surface area (Å²) in [6.07, 6.45) is -4.56. The Morgan fingerprint density at radius 1 is 1.16 bits per heavy atom. The Balaban J connectivity index is 1.65. The highest BCUT2D eigenvalue weighted by molar-refractivity contribution is 5.70. The lowest BCUT2D eigenvalue weighted by molar-refractivity contribution is -0.274. The Kier molecular flexibility index (Phi) is 6.53. The number of halogens is 3. The maximum absolute atomic E-state index is 12.5. The molecule has 2 N–H and O–H groups in total. The van der Waals surface area contributed by atoms with Crippen molar-refractivity contribution >= 4 is 11.2 Å². The van der Waals surface area contributed by atoms with Crippen LogP contribution >= 0.6 is 0 Å². The molecule has 0 saturated carbocycles. The molecule has 31 heavy (non-hydrogen) atoms. The van der Waals surface area contributed by atoms with E-state index in [1.165, 1.54) is 23.7 Å². The molecule has 13 heteroatoms. The summed E-state index contributed by atoms with van der Waals surface area (Å²) in [5.41, 5.74) is -1.00. The maximum Gasteiger partial charge on any atom is 0.573 e. The van der Waals surface area contributed by atoms with Crippen molar-refractivity contribution in [2.75, 3.05) is 19.8 Å². The highest BCUT2D eigenvalue weighted by atomic mass is 19.4. The normalized spacial score (nSPS) is 11.6. The van der Waals surface area contributed by atoms with Crippen molar-refractivity contribution in [3.8, 4) is 17.5 Å². The topological polar surface area (TPSA) is 121 Å². The van der Waals surface area contributed by atoms with E-state index in [0.29, 0.717) is 0 Å². The second-order valence-corrected chi connectivity index (χ2v) is 6.34. The largest absolute Gasteiger partial charge is 0.573 e. The third-order valence-corrected chi connectivity index (χ3v) is 4.13. The van der Waals surface area contributed by atoms with Gasteiger partial charge in [-0.05, 0) is 18.6 Å². The Morgan fingerprint density at radius 3 is 2.58 bits per heavy atom. The number of hydrogen-bond donors (Lipinski definition) is 2. The highest BCUT2D eigenvalue weighted by Gasteiger charge is 2.31. The SMILES string of the molecule is Cn1c(=O)n(CCCO)c(=O)c2[nH]c(OCCOc3cccc(OC(F)(F)F)c3)nc21. The molecule has 0 aliphatic rings. The molecule has 0 aliphatic carbocycles. The molecule has 1 aromatic carbocycles. The fraction of sp³-hybridized carbons (Fsp3) is 0.389. The molecule has 168 valence electrons. The predicted octanol–water partition coefficient (Wildman–Crippen LogP) is 1.16. The van der Waals surface area contributed by atoms with Gasteiger partial charge in [0.05, 0.1) is 0 Å². The summed E-state index contributed by atoms with van der Waals surface area (Å²) >= 11 is 0. The standard InChI is InChI=1S/C18H19F3N4O6/c1-24-14-13(15(27)25(17(24)28)6-3-7-26)22-16(23-14)30-9-8-29-11-4-2-5-12(10-11)31-18(19,20)21/h2,4-5,10,26H,3,6-9H2,1H3,(H,22,23). The summed E-state index contributed by atoms with van der Waals surface area (Å²) in [4.78, 5) is 31.6. The average molecular weight is 444 g/mol. The Labute approximate surface area is 172 Å². The molecule has 3 rings (SSSR count). The van der Waals surface area contributed by atoms with Crippen LogP contribution in [0.3, 0.4) is 0 Å². The molecule has 0 aliphatic heterocycles. The number of rotatable bonds is 9. The van der Waals surface area contributed by atoms with Crippen LogP contribution in [0.1, 0.15) is 6.42 Å². The zero-order valence-electron chi connectivity index (χ0n) is 16.3. The second kappa shape index (κ2) is 9.12. The number of nitrogens with zero attached hydrogens (tertiary/aromatic N) is 3. The van der Waals surface area contributed by atoms with Gasteiger partial charge in [0.1, 0.15) is 24.7 Å². The van der Waals surface area contributed by atoms with Crippen molar-refractivity contribution < 1.29 is 32.5 Å². The molecule has 2 aromatic heterocycles. The number of fused-ring (bicyclic) bond motifs is 1. The van der Waals surface area contributed by atoms with Crippen molar-refractivity contribution in [2.24, 2.45) is 7.05 Å². The van der Waals surface area contributed by atoms with Crippen LogP contribution < -0.4 is 25.5 Å². The quantitative estimate of drug-likeness (QED) is 0.475. The third kappa shape index (κ3) is 5.36. The minimum absolute atomic E-state index is 0.0280. The zero-order valence-corrected chi connectivity index (χ0v) is 16.3. The van der Waals surface area contributed by atoms with Crippen molar-refractivity contribution in [1.82, 2.24) is 19.1 Å². The van der Waals surface area contributed by atoms with E-state index in [1.54, 1.807) is 0 Å². The van der Waals surface area contributed by atoms with Gasteiger partial charge in [0.25, 0.3) is 11.6 Å². The lowest BCUT2D eigenvalue weighted by Gasteiger charge is -2.11. The van der Waals surface area contributed by atoms with Gasteiger partial charge in [0.15, 0.2) is 11.2 Å². The molecular weight excluding hydrogens is 425 g/mol. The molecule has 0 unspecified atom stereocenters. The second-order valence-electron chi connectivity index (χ2n) is 6.34. The van der Waals surface area contributed by atoms with Gasteiger partial charge in [-0.3, -0.25) is 13.9 Å². The summed E-state index contributed by atoms with van der Waals surface area (Å²) in [7, 11) is 1.45. The average Bonchev–Trinajstić information content (AvgIpc) is 3.13. The fourth-order valence-electron chi connectivity index (χ4n) is 2.78. The molecule has 3 aromatic rings. The van der Waals surface area contributed by atoms with Crippen molar-refractivity contribution in [3.05, 3.63) is 45.1 Å². The third-order valence-electron chi connectivity index (χ3n) is 4.13. The number of aliphatic hydroxyl groups excluding tert-OH is 1. The smallest absolute Gasteiger partial charge is 0.490 e. The Hall–Kier alpha value is -3.48. The number of nitrogens with one attached hydrogen (secondary N) is 1. The van der Waals surface area contributed by atoms with Crippen LogP contribution in [0.5, 0.6) is 17.5 Å². The number of benzene rings is 1. The lowest BCUT2D eigenvalue weighted by Crippen LogP contribution is -2.39. The molecule has 10 nitrogen and oxygen atoms in total. The van der Waals surface area contributed by atoms with E-state index in [9.17, 15) is 22.8 Å². The lowest BCUT2D eigenvalue weighted by atomic mass is 10.3. The number of aromatic amines is 1. The maximum atomic E-state index is 12.5. The number of H-pyrrole nitrogens is 1. The Bertz CT molecular complexity index is 1170. The molecule has 2 heterocycles. The summed E-state index contributed by atoms with van der Waals surface area (Å²) in [6.45, 7) is -0.197. The number of aliphatic hydroxyl groups is 1. The first-order valence-corrected chi connectivity index (χ1v) is 9.11. The first-order valence-electron chi connectivity index (χ1n) is 9.11. The van der Waals surface area contributed by atoms with Gasteiger partial charge < -0.3 is 24.3 Å². The molecule has 0 spiro atoms. The van der Waals surface area contributed by atoms with Gasteiger partial charge in [-0.1, -0.05) is 6.07 Å². The van der Waals surface area contributed by atoms with Gasteiger partial charge >= 0.3 is 12.1 Å². The number of ether oxygens (including phenoxy) is 3. The van der Waals surface area contributed by atoms with Crippen LogP contribution in [0.15, 0.2) is 33.9 Å². The van der Waals surface area contributed by atoms with Crippen molar-refractivity contribution in [3.63, 3.8) is 0 Å². The molecular formula is C18H19F3N4O6.